The van der Waals surface area contributed by atoms with Crippen LogP contribution < -0.4 is 0 Å². The zero-order valence-electron chi connectivity index (χ0n) is 81.5. The predicted molar refractivity (Wildman–Crippen MR) is 468 cm³/mol. The van der Waals surface area contributed by atoms with Crippen molar-refractivity contribution >= 4 is 36.1 Å². The minimum absolute atomic E-state index is 0.0101. The molecule has 0 radical (unpaired) electrons. The maximum absolute atomic E-state index is 16.6. The minimum Gasteiger partial charge on any atom is -0.479 e. The highest BCUT2D eigenvalue weighted by molar-refractivity contribution is 5.80. The summed E-state index contributed by atoms with van der Waals surface area (Å²) in [6, 6.07) is 0. The molecule has 808 valence electrons. The quantitative estimate of drug-likeness (QED) is 0.00928. The van der Waals surface area contributed by atoms with Crippen LogP contribution in [0.4, 0.5) is 0 Å². The smallest absolute Gasteiger partial charge is 0.335 e. The Bertz CT molecular complexity index is 4210. The van der Waals surface area contributed by atoms with E-state index in [0.717, 1.165) is 18.8 Å². The van der Waals surface area contributed by atoms with Gasteiger partial charge in [0.05, 0.1) is 94.0 Å². The van der Waals surface area contributed by atoms with Crippen LogP contribution >= 0.6 is 0 Å². The standard InChI is InChI=1S/C94H150O47/c1-14-36(3)48(129-56(105)26-42(100)25-49(37(4)15-2)130-84-66(115)61(110)51(31-96)131-84)24-41(99)27-57(106)134-72-39(6)127-86(78(76(72)128-40(7)98)140-83-68(117)63(112)71(38(5)126-83)135-82-70(119)73(47(103)34-125-82)136-80-64(113)58(107)45(101)32-123-80)141-88(122)94-23-22-89(8,9)28-44(94)43-16-17-53-90(10)20-19-55(91(11,35-97)52(90)18-21-92(53,12)93(43,13)29-54(94)104)133-87-77(139-85-67(116)62(111)60(109)50(30-95)132-85)74(69(118)75(138-87)79(120)121)137-81-65(114)59(108)46(102)33-124-81/h16,35-39,41-42,44-55,58-78,80-87,95-96,99-104,107-119H,14-15,17-34H2,1-13H3,(H,120,121). The zero-order chi connectivity index (χ0) is 104. The van der Waals surface area contributed by atoms with Gasteiger partial charge in [0.2, 0.25) is 6.29 Å². The van der Waals surface area contributed by atoms with Crippen molar-refractivity contribution in [2.24, 2.45) is 62.1 Å². The van der Waals surface area contributed by atoms with E-state index in [-0.39, 0.29) is 50.4 Å². The van der Waals surface area contributed by atoms with Crippen molar-refractivity contribution < 1.29 is 231 Å². The number of ether oxygens (including phenoxy) is 19. The first-order valence-corrected chi connectivity index (χ1v) is 49.2. The highest BCUT2D eigenvalue weighted by Crippen LogP contribution is 2.76. The molecule has 13 aliphatic rings. The Labute approximate surface area is 815 Å². The minimum atomic E-state index is -2.27. The van der Waals surface area contributed by atoms with Crippen molar-refractivity contribution in [3.63, 3.8) is 0 Å². The van der Waals surface area contributed by atoms with Gasteiger partial charge in [-0.05, 0) is 123 Å². The first kappa shape index (κ1) is 113. The van der Waals surface area contributed by atoms with Gasteiger partial charge in [-0.15, -0.1) is 0 Å². The van der Waals surface area contributed by atoms with Gasteiger partial charge in [0.15, 0.2) is 68.4 Å². The van der Waals surface area contributed by atoms with Crippen molar-refractivity contribution in [3.8, 4) is 0 Å². The number of carbonyl (C=O) groups excluding carboxylic acids is 5. The third-order valence-electron chi connectivity index (χ3n) is 33.4. The lowest BCUT2D eigenvalue weighted by atomic mass is 9.33. The van der Waals surface area contributed by atoms with Crippen LogP contribution in [0.1, 0.15) is 186 Å². The normalized spacial score (nSPS) is 48.0. The van der Waals surface area contributed by atoms with Crippen LogP contribution in [0.25, 0.3) is 0 Å². The molecule has 12 fully saturated rings. The predicted octanol–water partition coefficient (Wildman–Crippen LogP) is -5.12. The Hall–Kier alpha value is -4.68. The van der Waals surface area contributed by atoms with Crippen LogP contribution in [0.5, 0.6) is 0 Å². The van der Waals surface area contributed by atoms with E-state index in [0.29, 0.717) is 44.9 Å². The van der Waals surface area contributed by atoms with E-state index in [9.17, 15) is 136 Å². The van der Waals surface area contributed by atoms with Crippen molar-refractivity contribution in [1.82, 2.24) is 0 Å². The Balaban J connectivity index is 0.767. The van der Waals surface area contributed by atoms with E-state index in [1.54, 1.807) is 27.7 Å². The van der Waals surface area contributed by atoms with Gasteiger partial charge < -0.3 is 207 Å². The number of carbonyl (C=O) groups is 6. The second-order valence-corrected chi connectivity index (χ2v) is 43.0. The fourth-order valence-electron chi connectivity index (χ4n) is 24.4. The molecule has 0 spiro atoms. The van der Waals surface area contributed by atoms with E-state index >= 15 is 4.79 Å². The van der Waals surface area contributed by atoms with Gasteiger partial charge in [0.25, 0.3) is 0 Å². The zero-order valence-corrected chi connectivity index (χ0v) is 81.5. The van der Waals surface area contributed by atoms with E-state index in [1.807, 2.05) is 27.7 Å². The van der Waals surface area contributed by atoms with Gasteiger partial charge in [-0.25, -0.2) is 4.79 Å². The lowest BCUT2D eigenvalue weighted by Gasteiger charge is -2.71. The number of fused-ring (bicyclic) bond motifs is 7. The molecule has 0 aromatic heterocycles. The third kappa shape index (κ3) is 22.6. The number of esters is 4. The molecule has 0 aromatic carbocycles. The maximum atomic E-state index is 16.6. The molecular weight excluding hydrogens is 1880 g/mol. The summed E-state index contributed by atoms with van der Waals surface area (Å²) >= 11 is 0. The molecule has 0 amide bonds. The molecule has 8 heterocycles. The summed E-state index contributed by atoms with van der Waals surface area (Å²) in [5.74, 6) is -8.45. The van der Waals surface area contributed by atoms with E-state index in [4.69, 9.17) is 90.0 Å². The second kappa shape index (κ2) is 45.6. The molecule has 5 aliphatic carbocycles. The van der Waals surface area contributed by atoms with Gasteiger partial charge in [-0.2, -0.15) is 0 Å². The first-order chi connectivity index (χ1) is 66.2. The number of carboxylic acids is 1. The van der Waals surface area contributed by atoms with Gasteiger partial charge >= 0.3 is 29.8 Å². The van der Waals surface area contributed by atoms with Gasteiger partial charge in [0.1, 0.15) is 152 Å². The van der Waals surface area contributed by atoms with Crippen molar-refractivity contribution in [1.29, 1.82) is 0 Å². The van der Waals surface area contributed by atoms with Crippen LogP contribution in [0.2, 0.25) is 0 Å². The van der Waals surface area contributed by atoms with Gasteiger partial charge in [-0.1, -0.05) is 93.7 Å². The number of aliphatic hydroxyl groups is 21. The fraction of sp³-hybridized carbons (Fsp3) is 0.915. The van der Waals surface area contributed by atoms with Gasteiger partial charge in [-0.3, -0.25) is 19.2 Å². The molecule has 22 N–H and O–H groups in total. The molecule has 8 saturated heterocycles. The van der Waals surface area contributed by atoms with Crippen LogP contribution in [-0.4, -0.2) is 439 Å². The molecule has 52 atom stereocenters. The molecule has 141 heavy (non-hydrogen) atoms. The largest absolute Gasteiger partial charge is 0.479 e. The molecule has 47 heteroatoms. The number of hydrogen-bond acceptors (Lipinski definition) is 46. The van der Waals surface area contributed by atoms with Crippen LogP contribution in [0.3, 0.4) is 0 Å². The van der Waals surface area contributed by atoms with Crippen LogP contribution in [0.15, 0.2) is 11.6 Å². The van der Waals surface area contributed by atoms with Crippen LogP contribution in [-0.2, 0) is 119 Å². The molecule has 8 aliphatic heterocycles. The molecule has 0 aromatic rings. The summed E-state index contributed by atoms with van der Waals surface area (Å²) in [5.41, 5.74) is -5.68. The number of aliphatic carboxylic acids is 1. The Morgan fingerprint density at radius 1 is 0.475 bits per heavy atom. The fourth-order valence-corrected chi connectivity index (χ4v) is 24.4. The summed E-state index contributed by atoms with van der Waals surface area (Å²) in [7, 11) is 0. The van der Waals surface area contributed by atoms with Crippen molar-refractivity contribution in [2.75, 3.05) is 33.0 Å². The lowest BCUT2D eigenvalue weighted by Crippen LogP contribution is -2.69. The van der Waals surface area contributed by atoms with Crippen molar-refractivity contribution in [2.45, 2.75) is 444 Å². The highest BCUT2D eigenvalue weighted by atomic mass is 16.8. The number of hydrogen-bond donors (Lipinski definition) is 22. The third-order valence-corrected chi connectivity index (χ3v) is 33.4. The van der Waals surface area contributed by atoms with E-state index in [2.05, 4.69) is 19.9 Å². The summed E-state index contributed by atoms with van der Waals surface area (Å²) < 4.78 is 115. The lowest BCUT2D eigenvalue weighted by molar-refractivity contribution is -0.391. The summed E-state index contributed by atoms with van der Waals surface area (Å²) in [5, 5.41) is 244. The van der Waals surface area contributed by atoms with Crippen LogP contribution in [0, 0.1) is 62.1 Å². The first-order valence-electron chi connectivity index (χ1n) is 49.2. The average Bonchev–Trinajstić information content (AvgIpc) is 0.906. The van der Waals surface area contributed by atoms with E-state index < -0.39 is 384 Å². The summed E-state index contributed by atoms with van der Waals surface area (Å²) in [6.45, 7) is 19.5. The topological polar surface area (TPSA) is 723 Å². The Morgan fingerprint density at radius 2 is 0.979 bits per heavy atom. The number of aldehydes is 1. The highest BCUT2D eigenvalue weighted by Gasteiger charge is 2.74. The number of allylic oxidation sites excluding steroid dienone is 2. The molecule has 47 nitrogen and oxygen atoms in total. The average molecular weight is 2030 g/mol. The monoisotopic (exact) mass is 2030 g/mol. The summed E-state index contributed by atoms with van der Waals surface area (Å²) in [4.78, 5) is 86.5. The SMILES string of the molecule is CCC(C)C(CC(O)CC(=O)OC1C(C)OC(OC(=O)C23CCC(C)(C)CC2C2=CCC4C5(C)CCC(OC6OC(C(=O)O)C(O)C(OC7OCC(O)C(O)C7O)C6OC6OC(CO)C(O)C(O)C6O)C(C)(C=O)C5CCC4(C)C2(C)CC3O)C(OC2OC(C)C(OC3OCC(O)C(OC4OCC(O)C(O)C4O)C3O)C(O)C2O)C1OC(C)=O)OC(=O)CC(O)CC(OC1OC(CO)C(O)C1O)C(C)CC. The Morgan fingerprint density at radius 3 is 1.57 bits per heavy atom. The summed E-state index contributed by atoms with van der Waals surface area (Å²) in [6.07, 6.45) is -70.4. The second-order valence-electron chi connectivity index (χ2n) is 43.0. The Kier molecular flexibility index (Phi) is 36.7. The van der Waals surface area contributed by atoms with Gasteiger partial charge in [0, 0.05) is 19.8 Å². The number of carboxylic acid groups (broad SMARTS) is 1. The van der Waals surface area contributed by atoms with E-state index in [1.165, 1.54) is 13.8 Å². The molecular formula is C94H150O47. The molecule has 13 rings (SSSR count). The maximum Gasteiger partial charge on any atom is 0.335 e. The van der Waals surface area contributed by atoms with Crippen molar-refractivity contribution in [3.05, 3.63) is 11.6 Å². The molecule has 4 saturated carbocycles. The molecule has 52 unspecified atom stereocenters. The number of aliphatic hydroxyl groups excluding tert-OH is 21. The molecule has 0 bridgehead atoms. The number of rotatable bonds is 35.